The minimum absolute atomic E-state index is 0.228. The molecular formula is C33H49FN4O. The van der Waals surface area contributed by atoms with Crippen LogP contribution < -0.4 is 11.1 Å². The summed E-state index contributed by atoms with van der Waals surface area (Å²) in [6.45, 7) is 27.5. The second kappa shape index (κ2) is 18.6. The fourth-order valence-electron chi connectivity index (χ4n) is 3.68. The SMILES string of the molecule is C/C=C\C.C=C(C)N=C(/C=C(\C)C(=C)C)C(=O)NCc1ccc2c(c1)CN(C1=C(N)C(=C)C1)CC2.CC.CF. The summed E-state index contributed by atoms with van der Waals surface area (Å²) in [6.07, 6.45) is 7.62. The van der Waals surface area contributed by atoms with Crippen LogP contribution in [-0.4, -0.2) is 30.2 Å². The van der Waals surface area contributed by atoms with Crippen LogP contribution in [0.4, 0.5) is 4.39 Å². The number of hydrogen-bond donors (Lipinski definition) is 2. The molecule has 3 N–H and O–H groups in total. The molecule has 1 amide bonds. The lowest BCUT2D eigenvalue weighted by atomic mass is 9.91. The van der Waals surface area contributed by atoms with Crippen molar-refractivity contribution in [2.75, 3.05) is 13.7 Å². The van der Waals surface area contributed by atoms with Crippen LogP contribution in [0, 0.1) is 0 Å². The van der Waals surface area contributed by atoms with Crippen LogP contribution in [0.15, 0.2) is 95.0 Å². The number of rotatable bonds is 7. The topological polar surface area (TPSA) is 70.7 Å². The Labute approximate surface area is 236 Å². The summed E-state index contributed by atoms with van der Waals surface area (Å²) in [4.78, 5) is 19.4. The molecule has 1 aliphatic heterocycles. The molecular weight excluding hydrogens is 487 g/mol. The van der Waals surface area contributed by atoms with Gasteiger partial charge in [-0.05, 0) is 75.0 Å². The van der Waals surface area contributed by atoms with Gasteiger partial charge in [-0.25, -0.2) is 4.99 Å². The number of halogens is 1. The number of nitrogens with zero attached hydrogens (tertiary/aromatic N) is 2. The predicted molar refractivity (Wildman–Crippen MR) is 167 cm³/mol. The molecule has 6 heteroatoms. The molecule has 5 nitrogen and oxygen atoms in total. The summed E-state index contributed by atoms with van der Waals surface area (Å²) in [6, 6.07) is 6.42. The number of carbonyl (C=O) groups is 1. The highest BCUT2D eigenvalue weighted by molar-refractivity contribution is 6.43. The summed E-state index contributed by atoms with van der Waals surface area (Å²) in [5, 5.41) is 2.99. The van der Waals surface area contributed by atoms with Crippen molar-refractivity contribution in [3.8, 4) is 0 Å². The van der Waals surface area contributed by atoms with E-state index in [0.29, 0.717) is 25.1 Å². The van der Waals surface area contributed by atoms with Gasteiger partial charge in [-0.15, -0.1) is 0 Å². The number of carbonyl (C=O) groups excluding carboxylic acids is 1. The molecule has 214 valence electrons. The van der Waals surface area contributed by atoms with E-state index in [9.17, 15) is 9.18 Å². The van der Waals surface area contributed by atoms with E-state index in [4.69, 9.17) is 5.73 Å². The third kappa shape index (κ3) is 11.3. The highest BCUT2D eigenvalue weighted by atomic mass is 19.1. The van der Waals surface area contributed by atoms with Crippen LogP contribution in [-0.2, 0) is 24.3 Å². The zero-order valence-corrected chi connectivity index (χ0v) is 25.4. The molecule has 1 aromatic rings. The van der Waals surface area contributed by atoms with Gasteiger partial charge in [0.2, 0.25) is 0 Å². The second-order valence-electron chi connectivity index (χ2n) is 9.10. The molecule has 2 aliphatic rings. The molecule has 0 atom stereocenters. The van der Waals surface area contributed by atoms with Gasteiger partial charge in [-0.2, -0.15) is 0 Å². The number of aliphatic imine (C=N–C) groups is 1. The van der Waals surface area contributed by atoms with Crippen LogP contribution >= 0.6 is 0 Å². The number of nitrogens with two attached hydrogens (primary N) is 1. The highest BCUT2D eigenvalue weighted by Gasteiger charge is 2.27. The molecule has 1 heterocycles. The lowest BCUT2D eigenvalue weighted by molar-refractivity contribution is -0.114. The van der Waals surface area contributed by atoms with Crippen LogP contribution in [0.5, 0.6) is 0 Å². The number of fused-ring (bicyclic) bond motifs is 1. The van der Waals surface area contributed by atoms with Crippen molar-refractivity contribution in [2.45, 2.75) is 74.4 Å². The Bertz CT molecular complexity index is 1130. The normalized spacial score (nSPS) is 14.5. The molecule has 39 heavy (non-hydrogen) atoms. The van der Waals surface area contributed by atoms with Gasteiger partial charge in [0.05, 0.1) is 12.9 Å². The minimum Gasteiger partial charge on any atom is -0.397 e. The Kier molecular flexibility index (Phi) is 16.8. The fourth-order valence-corrected chi connectivity index (χ4v) is 3.68. The van der Waals surface area contributed by atoms with E-state index in [2.05, 4.69) is 53.1 Å². The van der Waals surface area contributed by atoms with Gasteiger partial charge >= 0.3 is 0 Å². The first-order valence-electron chi connectivity index (χ1n) is 13.4. The number of nitrogens with one attached hydrogen (secondary N) is 1. The van der Waals surface area contributed by atoms with Crippen molar-refractivity contribution in [3.05, 3.63) is 107 Å². The van der Waals surface area contributed by atoms with Crippen LogP contribution in [0.3, 0.4) is 0 Å². The monoisotopic (exact) mass is 536 g/mol. The Balaban J connectivity index is 0.00000162. The summed E-state index contributed by atoms with van der Waals surface area (Å²) < 4.78 is 9.50. The molecule has 1 aromatic carbocycles. The van der Waals surface area contributed by atoms with Gasteiger partial charge in [-0.1, -0.05) is 69.5 Å². The first kappa shape index (κ1) is 35.3. The largest absolute Gasteiger partial charge is 0.397 e. The minimum atomic E-state index is -0.228. The standard InChI is InChI=1S/C26H32N4O.C4H8.C2H6.CH3F/c1-16(2)18(5)11-23(29-17(3)4)26(31)28-14-20-7-8-21-9-10-30(15-22(21)13-20)24-12-19(6)25(24)27;1-3-4-2;2*1-2/h7-8,11,13H,1,3,6,9-10,12,14-15,27H2,2,4-5H3,(H,28,31);3-4H,1-2H3;1-2H3;1H3/b18-11+,29-23?;4-3-;;. The highest BCUT2D eigenvalue weighted by Crippen LogP contribution is 2.34. The van der Waals surface area contributed by atoms with E-state index in [-0.39, 0.29) is 5.91 Å². The van der Waals surface area contributed by atoms with Crippen molar-refractivity contribution >= 4 is 11.6 Å². The number of allylic oxidation sites excluding steroid dienone is 7. The number of hydrogen-bond acceptors (Lipinski definition) is 4. The van der Waals surface area contributed by atoms with E-state index in [0.717, 1.165) is 53.9 Å². The van der Waals surface area contributed by atoms with Gasteiger partial charge in [0, 0.05) is 37.4 Å². The first-order chi connectivity index (χ1) is 18.6. The first-order valence-corrected chi connectivity index (χ1v) is 13.4. The van der Waals surface area contributed by atoms with Crippen LogP contribution in [0.2, 0.25) is 0 Å². The molecule has 0 fully saturated rings. The molecule has 0 bridgehead atoms. The predicted octanol–water partition coefficient (Wildman–Crippen LogP) is 7.48. The van der Waals surface area contributed by atoms with Crippen molar-refractivity contribution in [3.63, 3.8) is 0 Å². The Morgan fingerprint density at radius 1 is 1.13 bits per heavy atom. The van der Waals surface area contributed by atoms with E-state index in [1.54, 1.807) is 13.0 Å². The van der Waals surface area contributed by atoms with E-state index >= 15 is 0 Å². The number of benzene rings is 1. The molecule has 3 rings (SSSR count). The lowest BCUT2D eigenvalue weighted by Crippen LogP contribution is -2.36. The quantitative estimate of drug-likeness (QED) is 0.216. The Morgan fingerprint density at radius 3 is 2.23 bits per heavy atom. The molecule has 1 aliphatic carbocycles. The van der Waals surface area contributed by atoms with Gasteiger partial charge in [0.25, 0.3) is 5.91 Å². The summed E-state index contributed by atoms with van der Waals surface area (Å²) >= 11 is 0. The third-order valence-electron chi connectivity index (χ3n) is 6.09. The third-order valence-corrected chi connectivity index (χ3v) is 6.09. The lowest BCUT2D eigenvalue weighted by Gasteiger charge is -2.38. The van der Waals surface area contributed by atoms with Crippen LogP contribution in [0.1, 0.15) is 71.6 Å². The van der Waals surface area contributed by atoms with Gasteiger partial charge in [-0.3, -0.25) is 9.18 Å². The average molecular weight is 537 g/mol. The maximum atomic E-state index is 12.8. The van der Waals surface area contributed by atoms with E-state index < -0.39 is 0 Å². The second-order valence-corrected chi connectivity index (χ2v) is 9.10. The zero-order valence-electron chi connectivity index (χ0n) is 25.4. The summed E-state index contributed by atoms with van der Waals surface area (Å²) in [7, 11) is 0.500. The van der Waals surface area contributed by atoms with Crippen molar-refractivity contribution < 1.29 is 9.18 Å². The van der Waals surface area contributed by atoms with Gasteiger partial charge in [0.15, 0.2) is 0 Å². The molecule has 0 aromatic heterocycles. The fraction of sp³-hybridized carbons (Fsp3) is 0.394. The van der Waals surface area contributed by atoms with Gasteiger partial charge < -0.3 is 16.0 Å². The summed E-state index contributed by atoms with van der Waals surface area (Å²) in [5.41, 5.74) is 15.6. The van der Waals surface area contributed by atoms with Crippen LogP contribution in [0.25, 0.3) is 0 Å². The smallest absolute Gasteiger partial charge is 0.270 e. The van der Waals surface area contributed by atoms with E-state index in [1.807, 2.05) is 53.7 Å². The van der Waals surface area contributed by atoms with Crippen molar-refractivity contribution in [2.24, 2.45) is 10.7 Å². The average Bonchev–Trinajstić information content (AvgIpc) is 2.95. The molecule has 0 radical (unpaired) electrons. The maximum Gasteiger partial charge on any atom is 0.270 e. The van der Waals surface area contributed by atoms with Crippen molar-refractivity contribution in [1.29, 1.82) is 0 Å². The molecule has 0 saturated carbocycles. The molecule has 0 spiro atoms. The Hall–Kier alpha value is -3.67. The summed E-state index contributed by atoms with van der Waals surface area (Å²) in [5.74, 6) is -0.228. The Morgan fingerprint density at radius 2 is 1.74 bits per heavy atom. The molecule has 0 saturated heterocycles. The van der Waals surface area contributed by atoms with E-state index in [1.165, 1.54) is 16.8 Å². The van der Waals surface area contributed by atoms with Crippen molar-refractivity contribution in [1.82, 2.24) is 10.2 Å². The van der Waals surface area contributed by atoms with Gasteiger partial charge in [0.1, 0.15) is 5.71 Å². The number of alkyl halides is 1. The zero-order chi connectivity index (χ0) is 30.1. The number of amides is 1. The maximum absolute atomic E-state index is 12.8. The molecule has 0 unspecified atom stereocenters.